The van der Waals surface area contributed by atoms with E-state index in [0.717, 1.165) is 0 Å². The molecule has 1 N–H and O–H groups in total. The van der Waals surface area contributed by atoms with Gasteiger partial charge < -0.3 is 14.8 Å². The molecule has 2 aromatic heterocycles. The van der Waals surface area contributed by atoms with Gasteiger partial charge in [-0.05, 0) is 18.2 Å². The monoisotopic (exact) mass is 347 g/mol. The van der Waals surface area contributed by atoms with Gasteiger partial charge in [0.15, 0.2) is 0 Å². The highest BCUT2D eigenvalue weighted by atomic mass is 16.5. The first kappa shape index (κ1) is 16.9. The van der Waals surface area contributed by atoms with Crippen LogP contribution in [-0.2, 0) is 0 Å². The van der Waals surface area contributed by atoms with Gasteiger partial charge in [-0.3, -0.25) is 9.78 Å². The lowest BCUT2D eigenvalue weighted by molar-refractivity contribution is 0.0958. The Bertz CT molecular complexity index is 984. The topological polar surface area (TPSA) is 110 Å². The average Bonchev–Trinajstić information content (AvgIpc) is 2.68. The van der Waals surface area contributed by atoms with Crippen LogP contribution in [-0.4, -0.2) is 27.9 Å². The predicted octanol–water partition coefficient (Wildman–Crippen LogP) is 2.69. The van der Waals surface area contributed by atoms with Gasteiger partial charge >= 0.3 is 0 Å². The maximum absolute atomic E-state index is 11.6. The van der Waals surface area contributed by atoms with Gasteiger partial charge in [0.1, 0.15) is 29.0 Å². The maximum atomic E-state index is 11.6. The fourth-order valence-corrected chi connectivity index (χ4v) is 2.05. The van der Waals surface area contributed by atoms with Gasteiger partial charge in [-0.1, -0.05) is 6.07 Å². The van der Waals surface area contributed by atoms with Gasteiger partial charge in [-0.2, -0.15) is 5.26 Å². The van der Waals surface area contributed by atoms with Crippen molar-refractivity contribution in [3.8, 4) is 29.2 Å². The number of aromatic nitrogens is 3. The lowest BCUT2D eigenvalue weighted by Gasteiger charge is -2.09. The number of amides is 1. The highest BCUT2D eigenvalue weighted by Gasteiger charge is 2.09. The summed E-state index contributed by atoms with van der Waals surface area (Å²) in [6.07, 6.45) is 4.34. The summed E-state index contributed by atoms with van der Waals surface area (Å²) in [6, 6.07) is 11.9. The third-order valence-corrected chi connectivity index (χ3v) is 3.22. The van der Waals surface area contributed by atoms with Crippen molar-refractivity contribution in [2.45, 2.75) is 0 Å². The van der Waals surface area contributed by atoms with Crippen LogP contribution in [0.25, 0.3) is 0 Å². The molecule has 0 unspecified atom stereocenters. The molecule has 0 saturated carbocycles. The molecular formula is C18H13N5O3. The lowest BCUT2D eigenvalue weighted by Crippen LogP contribution is -2.18. The Balaban J connectivity index is 1.80. The molecule has 0 atom stereocenters. The normalized spacial score (nSPS) is 9.85. The van der Waals surface area contributed by atoms with Crippen LogP contribution in [0, 0.1) is 11.3 Å². The highest BCUT2D eigenvalue weighted by Crippen LogP contribution is 2.28. The molecule has 0 aliphatic heterocycles. The van der Waals surface area contributed by atoms with Crippen molar-refractivity contribution in [1.29, 1.82) is 5.26 Å². The quantitative estimate of drug-likeness (QED) is 0.755. The third-order valence-electron chi connectivity index (χ3n) is 3.22. The summed E-state index contributed by atoms with van der Waals surface area (Å²) >= 11 is 0. The van der Waals surface area contributed by atoms with Crippen LogP contribution in [0.1, 0.15) is 16.2 Å². The molecule has 0 saturated heterocycles. The predicted molar refractivity (Wildman–Crippen MR) is 91.0 cm³/mol. The van der Waals surface area contributed by atoms with E-state index in [0.29, 0.717) is 17.2 Å². The fourth-order valence-electron chi connectivity index (χ4n) is 2.05. The Hall–Kier alpha value is -3.99. The van der Waals surface area contributed by atoms with Crippen molar-refractivity contribution < 1.29 is 14.3 Å². The van der Waals surface area contributed by atoms with Crippen LogP contribution in [0.4, 0.5) is 0 Å². The van der Waals surface area contributed by atoms with Crippen molar-refractivity contribution in [3.63, 3.8) is 0 Å². The summed E-state index contributed by atoms with van der Waals surface area (Å²) in [5.41, 5.74) is 0.332. The van der Waals surface area contributed by atoms with E-state index >= 15 is 0 Å². The van der Waals surface area contributed by atoms with E-state index in [1.165, 1.54) is 31.7 Å². The van der Waals surface area contributed by atoms with Crippen LogP contribution < -0.4 is 14.8 Å². The summed E-state index contributed by atoms with van der Waals surface area (Å²) < 4.78 is 11.4. The molecule has 0 fully saturated rings. The van der Waals surface area contributed by atoms with Gasteiger partial charge in [0.2, 0.25) is 5.69 Å². The molecule has 3 rings (SSSR count). The fraction of sp³-hybridized carbons (Fsp3) is 0.0556. The van der Waals surface area contributed by atoms with E-state index in [4.69, 9.17) is 14.7 Å². The van der Waals surface area contributed by atoms with Crippen molar-refractivity contribution in [3.05, 3.63) is 66.4 Å². The molecular weight excluding hydrogens is 334 g/mol. The molecule has 0 radical (unpaired) electrons. The van der Waals surface area contributed by atoms with E-state index < -0.39 is 0 Å². The van der Waals surface area contributed by atoms with Gasteiger partial charge in [0, 0.05) is 37.8 Å². The number of pyridine rings is 1. The lowest BCUT2D eigenvalue weighted by atomic mass is 10.3. The second-order valence-electron chi connectivity index (χ2n) is 4.96. The third kappa shape index (κ3) is 3.91. The molecule has 26 heavy (non-hydrogen) atoms. The SMILES string of the molecule is CNC(=O)c1cc(Oc2cccc(Oc3nccnc3C#N)c2)ccn1. The molecule has 0 aliphatic rings. The Kier molecular flexibility index (Phi) is 5.00. The summed E-state index contributed by atoms with van der Waals surface area (Å²) in [5.74, 6) is 1.17. The zero-order valence-corrected chi connectivity index (χ0v) is 13.7. The minimum atomic E-state index is -0.306. The summed E-state index contributed by atoms with van der Waals surface area (Å²) in [5, 5.41) is 11.5. The van der Waals surface area contributed by atoms with Crippen LogP contribution >= 0.6 is 0 Å². The second kappa shape index (κ2) is 7.72. The van der Waals surface area contributed by atoms with Crippen LogP contribution in [0.5, 0.6) is 23.1 Å². The summed E-state index contributed by atoms with van der Waals surface area (Å²) in [4.78, 5) is 23.5. The van der Waals surface area contributed by atoms with Crippen molar-refractivity contribution in [1.82, 2.24) is 20.3 Å². The minimum absolute atomic E-state index is 0.0863. The first-order chi connectivity index (χ1) is 12.7. The Morgan fingerprint density at radius 2 is 1.73 bits per heavy atom. The molecule has 0 aliphatic carbocycles. The van der Waals surface area contributed by atoms with Gasteiger partial charge in [-0.15, -0.1) is 0 Å². The number of carbonyl (C=O) groups is 1. The number of hydrogen-bond acceptors (Lipinski definition) is 7. The Morgan fingerprint density at radius 1 is 1.00 bits per heavy atom. The van der Waals surface area contributed by atoms with E-state index in [1.54, 1.807) is 30.3 Å². The highest BCUT2D eigenvalue weighted by molar-refractivity contribution is 5.92. The Morgan fingerprint density at radius 3 is 2.50 bits per heavy atom. The number of benzene rings is 1. The van der Waals surface area contributed by atoms with E-state index in [9.17, 15) is 4.79 Å². The van der Waals surface area contributed by atoms with Crippen LogP contribution in [0.15, 0.2) is 55.0 Å². The average molecular weight is 347 g/mol. The number of hydrogen-bond donors (Lipinski definition) is 1. The van der Waals surface area contributed by atoms with Gasteiger partial charge in [-0.25, -0.2) is 9.97 Å². The number of nitrogens with one attached hydrogen (secondary N) is 1. The maximum Gasteiger partial charge on any atom is 0.269 e. The molecule has 8 nitrogen and oxygen atoms in total. The first-order valence-electron chi connectivity index (χ1n) is 7.54. The first-order valence-corrected chi connectivity index (χ1v) is 7.54. The molecule has 1 amide bonds. The molecule has 128 valence electrons. The summed E-state index contributed by atoms with van der Waals surface area (Å²) in [7, 11) is 1.53. The smallest absolute Gasteiger partial charge is 0.269 e. The minimum Gasteiger partial charge on any atom is -0.457 e. The van der Waals surface area contributed by atoms with E-state index in [2.05, 4.69) is 20.3 Å². The molecule has 1 aromatic carbocycles. The van der Waals surface area contributed by atoms with Crippen molar-refractivity contribution >= 4 is 5.91 Å². The van der Waals surface area contributed by atoms with Gasteiger partial charge in [0.05, 0.1) is 0 Å². The van der Waals surface area contributed by atoms with Crippen molar-refractivity contribution in [2.75, 3.05) is 7.05 Å². The number of ether oxygens (including phenoxy) is 2. The van der Waals surface area contributed by atoms with Crippen LogP contribution in [0.3, 0.4) is 0 Å². The molecule has 8 heteroatoms. The van der Waals surface area contributed by atoms with Crippen molar-refractivity contribution in [2.24, 2.45) is 0 Å². The van der Waals surface area contributed by atoms with E-state index in [1.807, 2.05) is 6.07 Å². The zero-order chi connectivity index (χ0) is 18.4. The molecule has 0 bridgehead atoms. The second-order valence-corrected chi connectivity index (χ2v) is 4.96. The molecule has 2 heterocycles. The molecule has 3 aromatic rings. The number of nitrogens with zero attached hydrogens (tertiary/aromatic N) is 4. The standard InChI is InChI=1S/C18H13N5O3/c1-20-17(24)15-10-14(5-6-21-15)25-12-3-2-4-13(9-12)26-18-16(11-19)22-7-8-23-18/h2-10H,1H3,(H,20,24). The number of nitriles is 1. The van der Waals surface area contributed by atoms with Crippen LogP contribution in [0.2, 0.25) is 0 Å². The largest absolute Gasteiger partial charge is 0.457 e. The summed E-state index contributed by atoms with van der Waals surface area (Å²) in [6.45, 7) is 0. The zero-order valence-electron chi connectivity index (χ0n) is 13.7. The molecule has 0 spiro atoms. The Labute approximate surface area is 149 Å². The van der Waals surface area contributed by atoms with E-state index in [-0.39, 0.29) is 23.2 Å². The number of rotatable bonds is 5. The number of carbonyl (C=O) groups excluding carboxylic acids is 1. The van der Waals surface area contributed by atoms with Gasteiger partial charge in [0.25, 0.3) is 11.8 Å².